The zero-order valence-corrected chi connectivity index (χ0v) is 9.77. The van der Waals surface area contributed by atoms with Crippen molar-refractivity contribution < 1.29 is 0 Å². The van der Waals surface area contributed by atoms with E-state index in [2.05, 4.69) is 19.6 Å². The summed E-state index contributed by atoms with van der Waals surface area (Å²) in [6, 6.07) is 0. The molecule has 0 unspecified atom stereocenters. The highest BCUT2D eigenvalue weighted by molar-refractivity contribution is 6.54. The lowest BCUT2D eigenvalue weighted by atomic mass is 10.3. The van der Waals surface area contributed by atoms with Crippen LogP contribution in [-0.4, -0.2) is 24.0 Å². The minimum atomic E-state index is 0.120. The molecule has 0 aromatic heterocycles. The van der Waals surface area contributed by atoms with E-state index in [1.165, 1.54) is 19.3 Å². The first-order valence-corrected chi connectivity index (χ1v) is 8.95. The van der Waals surface area contributed by atoms with Gasteiger partial charge >= 0.3 is 0 Å². The van der Waals surface area contributed by atoms with Gasteiger partial charge in [0.1, 0.15) is 0 Å². The van der Waals surface area contributed by atoms with Gasteiger partial charge in [-0.25, -0.2) is 0 Å². The Morgan fingerprint density at radius 3 is 1.40 bits per heavy atom. The van der Waals surface area contributed by atoms with Gasteiger partial charge in [0, 0.05) is 8.80 Å². The standard InChI is InChI=1S/C5H10.C3H9Si.Al/c1-3-5-4-2;1-4(2)3;/h1-5H2;1-3H3;. The van der Waals surface area contributed by atoms with Gasteiger partial charge in [-0.2, -0.15) is 0 Å². The Hall–Kier alpha value is 0.749. The Kier molecular flexibility index (Phi) is 8.44. The largest absolute Gasteiger partial charge is 0.199 e. The quantitative estimate of drug-likeness (QED) is 0.490. The average molecular weight is 170 g/mol. The Bertz CT molecular complexity index is 46.0. The molecule has 0 amide bonds. The molecule has 1 fully saturated rings. The fourth-order valence-electron chi connectivity index (χ4n) is 0.898. The fourth-order valence-corrected chi connectivity index (χ4v) is 2.34. The van der Waals surface area contributed by atoms with Crippen LogP contribution in [0.3, 0.4) is 0 Å². The van der Waals surface area contributed by atoms with Gasteiger partial charge in [-0.15, -0.1) is 10.6 Å². The third-order valence-electron chi connectivity index (χ3n) is 1.32. The van der Waals surface area contributed by atoms with E-state index in [-0.39, 0.29) is 8.80 Å². The molecule has 0 spiro atoms. The van der Waals surface area contributed by atoms with E-state index in [4.69, 9.17) is 0 Å². The summed E-state index contributed by atoms with van der Waals surface area (Å²) in [7, 11) is 0.120. The van der Waals surface area contributed by atoms with E-state index >= 15 is 0 Å². The predicted octanol–water partition coefficient (Wildman–Crippen LogP) is 3.08. The first-order chi connectivity index (χ1) is 4.73. The van der Waals surface area contributed by atoms with E-state index in [1.54, 1.807) is 10.6 Å². The first kappa shape index (κ1) is 10.7. The highest BCUT2D eigenvalue weighted by Crippen LogP contribution is 2.10. The molecular weight excluding hydrogens is 151 g/mol. The molecule has 0 aromatic rings. The molecule has 2 radical (unpaired) electrons. The number of rotatable bonds is 0. The lowest BCUT2D eigenvalue weighted by molar-refractivity contribution is 0.734. The normalized spacial score (nSPS) is 17.2. The molecule has 0 saturated carbocycles. The molecule has 0 aliphatic carbocycles. The summed E-state index contributed by atoms with van der Waals surface area (Å²) in [6.45, 7) is 6.81. The summed E-state index contributed by atoms with van der Waals surface area (Å²) in [5.74, 6) is 0. The van der Waals surface area contributed by atoms with Gasteiger partial charge in [0.2, 0.25) is 0 Å². The molecule has 1 rings (SSSR count). The smallest absolute Gasteiger partial charge is 0.104 e. The van der Waals surface area contributed by atoms with Crippen LogP contribution in [0.15, 0.2) is 0 Å². The van der Waals surface area contributed by atoms with Gasteiger partial charge in [0.15, 0.2) is 15.2 Å². The molecule has 2 heteroatoms. The van der Waals surface area contributed by atoms with Crippen molar-refractivity contribution in [3.63, 3.8) is 0 Å². The summed E-state index contributed by atoms with van der Waals surface area (Å²) in [4.78, 5) is 0. The second-order valence-corrected chi connectivity index (χ2v) is 8.16. The van der Waals surface area contributed by atoms with Crippen molar-refractivity contribution in [2.24, 2.45) is 0 Å². The van der Waals surface area contributed by atoms with Gasteiger partial charge in [0.25, 0.3) is 0 Å². The minimum Gasteiger partial charge on any atom is -0.104 e. The van der Waals surface area contributed by atoms with Gasteiger partial charge < -0.3 is 0 Å². The van der Waals surface area contributed by atoms with E-state index < -0.39 is 0 Å². The van der Waals surface area contributed by atoms with Gasteiger partial charge in [-0.3, -0.25) is 0 Å². The molecule has 1 heterocycles. The zero-order chi connectivity index (χ0) is 7.82. The van der Waals surface area contributed by atoms with Crippen molar-refractivity contribution in [2.75, 3.05) is 0 Å². The molecule has 58 valence electrons. The van der Waals surface area contributed by atoms with Crippen molar-refractivity contribution in [3.05, 3.63) is 0 Å². The topological polar surface area (TPSA) is 0 Å². The Labute approximate surface area is 73.7 Å². The van der Waals surface area contributed by atoms with E-state index in [0.29, 0.717) is 0 Å². The summed E-state index contributed by atoms with van der Waals surface area (Å²) in [5, 5.41) is 3.17. The molecule has 10 heavy (non-hydrogen) atoms. The lowest BCUT2D eigenvalue weighted by Gasteiger charge is -2.04. The maximum atomic E-state index is 2.27. The minimum absolute atomic E-state index is 0.120. The molecular formula is C8H19AlSi. The summed E-state index contributed by atoms with van der Waals surface area (Å²) < 4.78 is 0. The number of hydrogen-bond donors (Lipinski definition) is 0. The first-order valence-electron chi connectivity index (χ1n) is 4.32. The highest BCUT2D eigenvalue weighted by Gasteiger charge is 1.98. The maximum Gasteiger partial charge on any atom is 0.199 e. The molecule has 1 saturated heterocycles. The fraction of sp³-hybridized carbons (Fsp3) is 1.00. The zero-order valence-electron chi connectivity index (χ0n) is 7.61. The average Bonchev–Trinajstić information content (AvgIpc) is 1.90. The van der Waals surface area contributed by atoms with Crippen LogP contribution in [0.2, 0.25) is 30.2 Å². The van der Waals surface area contributed by atoms with Crippen LogP contribution in [0.25, 0.3) is 0 Å². The summed E-state index contributed by atoms with van der Waals surface area (Å²) >= 11 is 0.905. The molecule has 0 bridgehead atoms. The lowest BCUT2D eigenvalue weighted by Crippen LogP contribution is -1.94. The molecule has 0 N–H and O–H groups in total. The van der Waals surface area contributed by atoms with Gasteiger partial charge in [-0.05, 0) is 0 Å². The van der Waals surface area contributed by atoms with Crippen LogP contribution in [0.5, 0.6) is 0 Å². The van der Waals surface area contributed by atoms with Gasteiger partial charge in [0.05, 0.1) is 0 Å². The van der Waals surface area contributed by atoms with Gasteiger partial charge in [-0.1, -0.05) is 38.9 Å². The van der Waals surface area contributed by atoms with Crippen molar-refractivity contribution in [1.29, 1.82) is 0 Å². The SMILES string of the molecule is C1C[CH2][Al][CH2]C1.C[Si](C)C. The molecule has 1 aliphatic heterocycles. The third-order valence-corrected chi connectivity index (χ3v) is 2.95. The maximum absolute atomic E-state index is 2.27. The molecule has 0 nitrogen and oxygen atoms in total. The van der Waals surface area contributed by atoms with Crippen LogP contribution in [0.1, 0.15) is 19.3 Å². The summed E-state index contributed by atoms with van der Waals surface area (Å²) in [6.07, 6.45) is 4.59. The highest BCUT2D eigenvalue weighted by atomic mass is 28.3. The van der Waals surface area contributed by atoms with Crippen LogP contribution in [-0.2, 0) is 0 Å². The van der Waals surface area contributed by atoms with Crippen molar-refractivity contribution in [2.45, 2.75) is 49.5 Å². The van der Waals surface area contributed by atoms with Crippen LogP contribution >= 0.6 is 0 Å². The van der Waals surface area contributed by atoms with E-state index in [9.17, 15) is 0 Å². The Morgan fingerprint density at radius 2 is 1.30 bits per heavy atom. The summed E-state index contributed by atoms with van der Waals surface area (Å²) in [5.41, 5.74) is 0. The Balaban J connectivity index is 0.000000180. The number of hydrogen-bond acceptors (Lipinski definition) is 0. The van der Waals surface area contributed by atoms with Crippen LogP contribution in [0.4, 0.5) is 0 Å². The molecule has 0 atom stereocenters. The van der Waals surface area contributed by atoms with Crippen molar-refractivity contribution in [1.82, 2.24) is 0 Å². The van der Waals surface area contributed by atoms with E-state index in [0.717, 1.165) is 15.2 Å². The second-order valence-electron chi connectivity index (χ2n) is 3.43. The predicted molar refractivity (Wildman–Crippen MR) is 52.6 cm³/mol. The van der Waals surface area contributed by atoms with Crippen molar-refractivity contribution in [3.8, 4) is 0 Å². The monoisotopic (exact) mass is 170 g/mol. The molecule has 0 aromatic carbocycles. The molecule has 1 aliphatic rings. The van der Waals surface area contributed by atoms with Crippen LogP contribution in [0, 0.1) is 0 Å². The van der Waals surface area contributed by atoms with E-state index in [1.807, 2.05) is 0 Å². The second kappa shape index (κ2) is 7.85. The van der Waals surface area contributed by atoms with Crippen LogP contribution < -0.4 is 0 Å². The van der Waals surface area contributed by atoms with Crippen molar-refractivity contribution >= 4 is 24.0 Å². The third kappa shape index (κ3) is 11.5. The Morgan fingerprint density at radius 1 is 0.900 bits per heavy atom.